The van der Waals surface area contributed by atoms with Crippen LogP contribution in [0, 0.1) is 5.92 Å². The van der Waals surface area contributed by atoms with Gasteiger partial charge in [-0.25, -0.2) is 4.98 Å². The van der Waals surface area contributed by atoms with Gasteiger partial charge in [0, 0.05) is 12.1 Å². The molecule has 0 saturated heterocycles. The van der Waals surface area contributed by atoms with E-state index in [1.165, 1.54) is 5.56 Å². The third-order valence-electron chi connectivity index (χ3n) is 2.24. The van der Waals surface area contributed by atoms with E-state index in [1.54, 1.807) is 6.20 Å². The molecule has 62 valence electrons. The summed E-state index contributed by atoms with van der Waals surface area (Å²) in [5, 5.41) is 0.553. The van der Waals surface area contributed by atoms with Crippen molar-refractivity contribution >= 4 is 17.9 Å². The topological polar surface area (TPSA) is 30.0 Å². The Hall–Kier alpha value is -0.890. The maximum Gasteiger partial charge on any atom is 0.132 e. The number of aromatic nitrogens is 1. The normalized spacial score (nSPS) is 20.6. The lowest BCUT2D eigenvalue weighted by atomic mass is 10.1. The molecule has 0 aromatic carbocycles. The van der Waals surface area contributed by atoms with Crippen LogP contribution in [0.3, 0.4) is 0 Å². The first-order valence-corrected chi connectivity index (χ1v) is 4.26. The molecule has 1 heterocycles. The molecule has 0 bridgehead atoms. The quantitative estimate of drug-likeness (QED) is 0.487. The first-order valence-electron chi connectivity index (χ1n) is 3.89. The van der Waals surface area contributed by atoms with Crippen LogP contribution in [-0.2, 0) is 17.6 Å². The third kappa shape index (κ3) is 1.12. The molecule has 1 aromatic rings. The van der Waals surface area contributed by atoms with Crippen LogP contribution in [0.25, 0.3) is 0 Å². The Bertz CT molecular complexity index is 324. The van der Waals surface area contributed by atoms with Crippen LogP contribution in [0.2, 0.25) is 5.15 Å². The van der Waals surface area contributed by atoms with E-state index in [9.17, 15) is 4.79 Å². The van der Waals surface area contributed by atoms with E-state index in [0.717, 1.165) is 24.7 Å². The van der Waals surface area contributed by atoms with Gasteiger partial charge in [0.15, 0.2) is 0 Å². The number of aldehydes is 1. The monoisotopic (exact) mass is 181 g/mol. The Morgan fingerprint density at radius 2 is 2.42 bits per heavy atom. The fraction of sp³-hybridized carbons (Fsp3) is 0.333. The van der Waals surface area contributed by atoms with Gasteiger partial charge >= 0.3 is 0 Å². The summed E-state index contributed by atoms with van der Waals surface area (Å²) in [6.45, 7) is 0. The SMILES string of the molecule is O=C[C@H]1Cc2ccnc(Cl)c2C1. The lowest BCUT2D eigenvalue weighted by molar-refractivity contribution is -0.110. The fourth-order valence-electron chi connectivity index (χ4n) is 1.62. The summed E-state index contributed by atoms with van der Waals surface area (Å²) in [5.41, 5.74) is 2.23. The van der Waals surface area contributed by atoms with Crippen LogP contribution in [0.15, 0.2) is 12.3 Å². The smallest absolute Gasteiger partial charge is 0.132 e. The van der Waals surface area contributed by atoms with Crippen molar-refractivity contribution in [1.29, 1.82) is 0 Å². The summed E-state index contributed by atoms with van der Waals surface area (Å²) in [7, 11) is 0. The highest BCUT2D eigenvalue weighted by atomic mass is 35.5. The highest BCUT2D eigenvalue weighted by molar-refractivity contribution is 6.30. The zero-order chi connectivity index (χ0) is 8.55. The van der Waals surface area contributed by atoms with Gasteiger partial charge in [-0.15, -0.1) is 0 Å². The van der Waals surface area contributed by atoms with Gasteiger partial charge in [0.1, 0.15) is 11.4 Å². The summed E-state index contributed by atoms with van der Waals surface area (Å²) >= 11 is 5.86. The van der Waals surface area contributed by atoms with Gasteiger partial charge in [-0.3, -0.25) is 0 Å². The van der Waals surface area contributed by atoms with Crippen LogP contribution in [0.1, 0.15) is 11.1 Å². The second-order valence-corrected chi connectivity index (χ2v) is 3.40. The first kappa shape index (κ1) is 7.74. The number of carbonyl (C=O) groups is 1. The van der Waals surface area contributed by atoms with Crippen LogP contribution in [0.4, 0.5) is 0 Å². The predicted molar refractivity (Wildman–Crippen MR) is 46.2 cm³/mol. The first-order chi connectivity index (χ1) is 5.81. The zero-order valence-electron chi connectivity index (χ0n) is 6.46. The van der Waals surface area contributed by atoms with Crippen molar-refractivity contribution in [3.05, 3.63) is 28.5 Å². The minimum atomic E-state index is 0.113. The standard InChI is InChI=1S/C9H8ClNO/c10-9-8-4-6(5-12)3-7(8)1-2-11-9/h1-2,5-6H,3-4H2/t6-/m0/s1. The van der Waals surface area contributed by atoms with E-state index < -0.39 is 0 Å². The van der Waals surface area contributed by atoms with Crippen LogP contribution in [0.5, 0.6) is 0 Å². The second-order valence-electron chi connectivity index (χ2n) is 3.04. The number of halogens is 1. The van der Waals surface area contributed by atoms with Gasteiger partial charge < -0.3 is 4.79 Å². The Morgan fingerprint density at radius 1 is 1.58 bits per heavy atom. The van der Waals surface area contributed by atoms with Crippen molar-refractivity contribution in [3.63, 3.8) is 0 Å². The number of fused-ring (bicyclic) bond motifs is 1. The van der Waals surface area contributed by atoms with Crippen molar-refractivity contribution < 1.29 is 4.79 Å². The van der Waals surface area contributed by atoms with Crippen molar-refractivity contribution in [2.45, 2.75) is 12.8 Å². The molecule has 1 aliphatic carbocycles. The van der Waals surface area contributed by atoms with Gasteiger partial charge in [0.05, 0.1) is 0 Å². The summed E-state index contributed by atoms with van der Waals surface area (Å²) in [6, 6.07) is 1.94. The zero-order valence-corrected chi connectivity index (χ0v) is 7.21. The molecular formula is C9H8ClNO. The van der Waals surface area contributed by atoms with Gasteiger partial charge in [0.2, 0.25) is 0 Å². The average molecular weight is 182 g/mol. The Kier molecular flexibility index (Phi) is 1.85. The Morgan fingerprint density at radius 3 is 3.08 bits per heavy atom. The number of nitrogens with zero attached hydrogens (tertiary/aromatic N) is 1. The van der Waals surface area contributed by atoms with Crippen molar-refractivity contribution in [3.8, 4) is 0 Å². The second kappa shape index (κ2) is 2.87. The van der Waals surface area contributed by atoms with Gasteiger partial charge in [0.25, 0.3) is 0 Å². The summed E-state index contributed by atoms with van der Waals surface area (Å²) in [6.07, 6.45) is 4.26. The van der Waals surface area contributed by atoms with Crippen molar-refractivity contribution in [2.75, 3.05) is 0 Å². The number of rotatable bonds is 1. The Labute approximate surface area is 75.6 Å². The molecule has 2 nitrogen and oxygen atoms in total. The molecular weight excluding hydrogens is 174 g/mol. The number of hydrogen-bond donors (Lipinski definition) is 0. The van der Waals surface area contributed by atoms with E-state index in [2.05, 4.69) is 4.98 Å². The maximum absolute atomic E-state index is 10.5. The highest BCUT2D eigenvalue weighted by Crippen LogP contribution is 2.29. The largest absolute Gasteiger partial charge is 0.303 e. The summed E-state index contributed by atoms with van der Waals surface area (Å²) in [5.74, 6) is 0.113. The molecule has 1 atom stereocenters. The number of hydrogen-bond acceptors (Lipinski definition) is 2. The lowest BCUT2D eigenvalue weighted by Crippen LogP contribution is -1.99. The molecule has 0 N–H and O–H groups in total. The lowest BCUT2D eigenvalue weighted by Gasteiger charge is -1.97. The van der Waals surface area contributed by atoms with Crippen LogP contribution in [-0.4, -0.2) is 11.3 Å². The maximum atomic E-state index is 10.5. The van der Waals surface area contributed by atoms with Crippen molar-refractivity contribution in [1.82, 2.24) is 4.98 Å². The molecule has 3 heteroatoms. The molecule has 0 radical (unpaired) electrons. The predicted octanol–water partition coefficient (Wildman–Crippen LogP) is 1.65. The van der Waals surface area contributed by atoms with Gasteiger partial charge in [-0.2, -0.15) is 0 Å². The fourth-order valence-corrected chi connectivity index (χ4v) is 1.88. The van der Waals surface area contributed by atoms with E-state index in [-0.39, 0.29) is 5.92 Å². The van der Waals surface area contributed by atoms with E-state index in [0.29, 0.717) is 5.15 Å². The summed E-state index contributed by atoms with van der Waals surface area (Å²) < 4.78 is 0. The molecule has 1 aliphatic rings. The Balaban J connectivity index is 2.41. The summed E-state index contributed by atoms with van der Waals surface area (Å²) in [4.78, 5) is 14.5. The average Bonchev–Trinajstić information content (AvgIpc) is 2.49. The molecule has 12 heavy (non-hydrogen) atoms. The minimum Gasteiger partial charge on any atom is -0.303 e. The van der Waals surface area contributed by atoms with Crippen LogP contribution >= 0.6 is 11.6 Å². The van der Waals surface area contributed by atoms with E-state index in [1.807, 2.05) is 6.07 Å². The molecule has 0 fully saturated rings. The highest BCUT2D eigenvalue weighted by Gasteiger charge is 2.22. The van der Waals surface area contributed by atoms with Gasteiger partial charge in [-0.1, -0.05) is 11.6 Å². The molecule has 1 aromatic heterocycles. The molecule has 0 spiro atoms. The molecule has 2 rings (SSSR count). The molecule has 0 aliphatic heterocycles. The van der Waals surface area contributed by atoms with E-state index in [4.69, 9.17) is 11.6 Å². The minimum absolute atomic E-state index is 0.113. The van der Waals surface area contributed by atoms with Crippen molar-refractivity contribution in [2.24, 2.45) is 5.92 Å². The van der Waals surface area contributed by atoms with Gasteiger partial charge in [-0.05, 0) is 30.0 Å². The number of carbonyl (C=O) groups excluding carboxylic acids is 1. The molecule has 0 unspecified atom stereocenters. The molecule has 0 amide bonds. The van der Waals surface area contributed by atoms with Crippen LogP contribution < -0.4 is 0 Å². The van der Waals surface area contributed by atoms with E-state index >= 15 is 0 Å². The molecule has 0 saturated carbocycles. The number of pyridine rings is 1. The third-order valence-corrected chi connectivity index (χ3v) is 2.57.